The lowest BCUT2D eigenvalue weighted by atomic mass is 10.1. The van der Waals surface area contributed by atoms with E-state index in [-0.39, 0.29) is 29.5 Å². The van der Waals surface area contributed by atoms with Crippen molar-refractivity contribution < 1.29 is 9.53 Å². The van der Waals surface area contributed by atoms with Crippen LogP contribution in [0, 0.1) is 20.8 Å². The zero-order valence-electron chi connectivity index (χ0n) is 21.1. The number of thioether (sulfide) groups is 1. The van der Waals surface area contributed by atoms with Crippen molar-refractivity contribution in [3.63, 3.8) is 0 Å². The number of benzene rings is 2. The number of hydrogen-bond acceptors (Lipinski definition) is 6. The molecule has 9 nitrogen and oxygen atoms in total. The number of aryl methyl sites for hydroxylation is 2. The molecule has 0 saturated carbocycles. The average molecular weight is 507 g/mol. The van der Waals surface area contributed by atoms with Crippen LogP contribution in [0.25, 0.3) is 5.69 Å². The maximum Gasteiger partial charge on any atom is 0.295 e. The Morgan fingerprint density at radius 1 is 1.08 bits per heavy atom. The van der Waals surface area contributed by atoms with Gasteiger partial charge in [0.15, 0.2) is 11.0 Å². The summed E-state index contributed by atoms with van der Waals surface area (Å²) in [6, 6.07) is 15.4. The van der Waals surface area contributed by atoms with Gasteiger partial charge in [-0.15, -0.1) is 10.2 Å². The third-order valence-electron chi connectivity index (χ3n) is 5.95. The van der Waals surface area contributed by atoms with Gasteiger partial charge in [0.2, 0.25) is 5.91 Å². The summed E-state index contributed by atoms with van der Waals surface area (Å²) >= 11 is 1.27. The van der Waals surface area contributed by atoms with Crippen LogP contribution in [0.1, 0.15) is 29.6 Å². The number of amides is 1. The van der Waals surface area contributed by atoms with E-state index in [1.807, 2.05) is 67.8 Å². The summed E-state index contributed by atoms with van der Waals surface area (Å²) in [6.07, 6.45) is 0. The zero-order valence-corrected chi connectivity index (χ0v) is 21.9. The van der Waals surface area contributed by atoms with Gasteiger partial charge < -0.3 is 14.6 Å². The summed E-state index contributed by atoms with van der Waals surface area (Å²) in [6.45, 7) is 8.77. The van der Waals surface area contributed by atoms with E-state index in [0.717, 1.165) is 17.0 Å². The third-order valence-corrected chi connectivity index (χ3v) is 6.91. The smallest absolute Gasteiger partial charge is 0.295 e. The maximum atomic E-state index is 13.0. The SMILES string of the molecule is CCn1c(COc2ccc(C)cc2C)nnc1SCC(=O)Nc1c(C)n(C)n(-c2ccccc2)c1=O. The van der Waals surface area contributed by atoms with Crippen LogP contribution in [0.15, 0.2) is 58.5 Å². The number of ether oxygens (including phenoxy) is 1. The molecule has 2 aromatic heterocycles. The first-order valence-electron chi connectivity index (χ1n) is 11.7. The second kappa shape index (κ2) is 10.9. The Hall–Kier alpha value is -3.79. The molecule has 0 fully saturated rings. The Bertz CT molecular complexity index is 1440. The van der Waals surface area contributed by atoms with Crippen LogP contribution in [0.5, 0.6) is 5.75 Å². The Balaban J connectivity index is 1.42. The molecule has 188 valence electrons. The highest BCUT2D eigenvalue weighted by molar-refractivity contribution is 7.99. The molecule has 36 heavy (non-hydrogen) atoms. The summed E-state index contributed by atoms with van der Waals surface area (Å²) in [5.41, 5.74) is 3.64. The molecule has 1 N–H and O–H groups in total. The molecular weight excluding hydrogens is 476 g/mol. The molecule has 0 aliphatic carbocycles. The maximum absolute atomic E-state index is 13.0. The fraction of sp³-hybridized carbons (Fsp3) is 0.308. The predicted molar refractivity (Wildman–Crippen MR) is 141 cm³/mol. The highest BCUT2D eigenvalue weighted by Gasteiger charge is 2.19. The van der Waals surface area contributed by atoms with E-state index in [9.17, 15) is 9.59 Å². The number of carbonyl (C=O) groups is 1. The Morgan fingerprint density at radius 2 is 1.83 bits per heavy atom. The topological polar surface area (TPSA) is 96.0 Å². The number of anilines is 1. The Morgan fingerprint density at radius 3 is 2.53 bits per heavy atom. The molecule has 1 amide bonds. The second-order valence-electron chi connectivity index (χ2n) is 8.47. The second-order valence-corrected chi connectivity index (χ2v) is 9.42. The van der Waals surface area contributed by atoms with Gasteiger partial charge in [-0.1, -0.05) is 47.7 Å². The van der Waals surface area contributed by atoms with Gasteiger partial charge in [-0.3, -0.25) is 14.3 Å². The van der Waals surface area contributed by atoms with Gasteiger partial charge in [0.1, 0.15) is 18.0 Å². The molecule has 0 bridgehead atoms. The minimum atomic E-state index is -0.287. The van der Waals surface area contributed by atoms with E-state index in [0.29, 0.717) is 23.2 Å². The van der Waals surface area contributed by atoms with Gasteiger partial charge in [-0.05, 0) is 51.5 Å². The standard InChI is InChI=1S/C26H30N6O3S/c1-6-31-22(15-35-21-13-12-17(2)14-18(21)3)28-29-26(31)36-16-23(33)27-24-19(4)30(5)32(25(24)34)20-10-8-7-9-11-20/h7-14H,6,15-16H2,1-5H3,(H,27,33). The first-order chi connectivity index (χ1) is 17.3. The van der Waals surface area contributed by atoms with E-state index < -0.39 is 0 Å². The number of nitrogens with one attached hydrogen (secondary N) is 1. The van der Waals surface area contributed by atoms with Crippen LogP contribution < -0.4 is 15.6 Å². The average Bonchev–Trinajstić information content (AvgIpc) is 3.35. The number of nitrogens with zero attached hydrogens (tertiary/aromatic N) is 5. The van der Waals surface area contributed by atoms with E-state index in [1.54, 1.807) is 18.7 Å². The van der Waals surface area contributed by atoms with E-state index >= 15 is 0 Å². The molecule has 0 radical (unpaired) electrons. The quantitative estimate of drug-likeness (QED) is 0.345. The van der Waals surface area contributed by atoms with Crippen LogP contribution in [-0.4, -0.2) is 35.8 Å². The van der Waals surface area contributed by atoms with Gasteiger partial charge in [0, 0.05) is 13.6 Å². The number of aromatic nitrogens is 5. The molecule has 0 spiro atoms. The fourth-order valence-electron chi connectivity index (χ4n) is 3.97. The van der Waals surface area contributed by atoms with Gasteiger partial charge in [0.05, 0.1) is 17.1 Å². The van der Waals surface area contributed by atoms with E-state index in [2.05, 4.69) is 21.6 Å². The summed E-state index contributed by atoms with van der Waals surface area (Å²) in [4.78, 5) is 25.8. The minimum absolute atomic E-state index is 0.0924. The minimum Gasteiger partial charge on any atom is -0.485 e. The van der Waals surface area contributed by atoms with Crippen molar-refractivity contribution in [2.24, 2.45) is 7.05 Å². The number of carbonyl (C=O) groups excluding carboxylic acids is 1. The van der Waals surface area contributed by atoms with Crippen LogP contribution >= 0.6 is 11.8 Å². The van der Waals surface area contributed by atoms with Gasteiger partial charge in [0.25, 0.3) is 5.56 Å². The summed E-state index contributed by atoms with van der Waals surface area (Å²) in [5, 5.41) is 11.9. The Kier molecular flexibility index (Phi) is 7.64. The third kappa shape index (κ3) is 5.23. The van der Waals surface area contributed by atoms with Gasteiger partial charge in [-0.2, -0.15) is 0 Å². The van der Waals surface area contributed by atoms with Crippen molar-refractivity contribution in [1.29, 1.82) is 0 Å². The lowest BCUT2D eigenvalue weighted by molar-refractivity contribution is -0.113. The predicted octanol–water partition coefficient (Wildman–Crippen LogP) is 4.02. The summed E-state index contributed by atoms with van der Waals surface area (Å²) in [7, 11) is 1.79. The van der Waals surface area contributed by atoms with Crippen molar-refractivity contribution in [1.82, 2.24) is 24.1 Å². The molecule has 0 aliphatic rings. The first kappa shape index (κ1) is 25.3. The summed E-state index contributed by atoms with van der Waals surface area (Å²) < 4.78 is 11.2. The molecule has 0 aliphatic heterocycles. The van der Waals surface area contributed by atoms with Gasteiger partial charge in [-0.25, -0.2) is 4.68 Å². The van der Waals surface area contributed by atoms with Crippen LogP contribution in [0.2, 0.25) is 0 Å². The molecule has 4 aromatic rings. The number of rotatable bonds is 9. The normalized spacial score (nSPS) is 11.0. The largest absolute Gasteiger partial charge is 0.485 e. The Labute approximate surface area is 214 Å². The van der Waals surface area contributed by atoms with Crippen LogP contribution in [0.4, 0.5) is 5.69 Å². The highest BCUT2D eigenvalue weighted by Crippen LogP contribution is 2.22. The van der Waals surface area contributed by atoms with E-state index in [4.69, 9.17) is 4.74 Å². The molecule has 0 saturated heterocycles. The molecule has 10 heteroatoms. The van der Waals surface area contributed by atoms with Crippen molar-refractivity contribution in [3.8, 4) is 11.4 Å². The zero-order chi connectivity index (χ0) is 25.8. The fourth-order valence-corrected chi connectivity index (χ4v) is 4.79. The molecule has 4 rings (SSSR count). The molecule has 2 aromatic carbocycles. The lowest BCUT2D eigenvalue weighted by Crippen LogP contribution is -2.23. The molecule has 2 heterocycles. The lowest BCUT2D eigenvalue weighted by Gasteiger charge is -2.11. The van der Waals surface area contributed by atoms with E-state index in [1.165, 1.54) is 22.0 Å². The van der Waals surface area contributed by atoms with Crippen LogP contribution in [0.3, 0.4) is 0 Å². The van der Waals surface area contributed by atoms with Crippen molar-refractivity contribution in [2.45, 2.75) is 46.0 Å². The molecule has 0 atom stereocenters. The van der Waals surface area contributed by atoms with Crippen LogP contribution in [-0.2, 0) is 25.0 Å². The highest BCUT2D eigenvalue weighted by atomic mass is 32.2. The van der Waals surface area contributed by atoms with Crippen molar-refractivity contribution >= 4 is 23.4 Å². The number of para-hydroxylation sites is 1. The molecule has 0 unspecified atom stereocenters. The van der Waals surface area contributed by atoms with Gasteiger partial charge >= 0.3 is 0 Å². The van der Waals surface area contributed by atoms with Crippen molar-refractivity contribution in [3.05, 3.63) is 81.5 Å². The first-order valence-corrected chi connectivity index (χ1v) is 12.7. The monoisotopic (exact) mass is 506 g/mol. The number of hydrogen-bond donors (Lipinski definition) is 1. The molecular formula is C26H30N6O3S. The van der Waals surface area contributed by atoms with Crippen molar-refractivity contribution in [2.75, 3.05) is 11.1 Å². The summed E-state index contributed by atoms with van der Waals surface area (Å²) in [5.74, 6) is 1.30.